The smallest absolute Gasteiger partial charge is 0.341 e. The van der Waals surface area contributed by atoms with Crippen molar-refractivity contribution in [3.8, 4) is 0 Å². The predicted octanol–water partition coefficient (Wildman–Crippen LogP) is 1.38. The first-order valence-electron chi connectivity index (χ1n) is 7.25. The molecule has 5 heteroatoms. The van der Waals surface area contributed by atoms with E-state index < -0.39 is 5.60 Å². The van der Waals surface area contributed by atoms with E-state index in [4.69, 9.17) is 14.2 Å². The van der Waals surface area contributed by atoms with Gasteiger partial charge in [-0.3, -0.25) is 0 Å². The van der Waals surface area contributed by atoms with Crippen molar-refractivity contribution in [1.29, 1.82) is 0 Å². The van der Waals surface area contributed by atoms with Gasteiger partial charge in [0, 0.05) is 22.8 Å². The van der Waals surface area contributed by atoms with E-state index in [1.807, 2.05) is 6.08 Å². The van der Waals surface area contributed by atoms with Crippen LogP contribution in [0.3, 0.4) is 0 Å². The molecule has 0 bridgehead atoms. The molecule has 2 saturated heterocycles. The standard InChI is InChI=1S/C16H18O5/c1-8-5-15-11(9(8)2)4-10(13(17)19-3)12(15)6-20-14(18)16(15)7-21-16/h4,11-12H,5-7H2,1-3H3/t11-,12+,15-,16-/m1/s1. The Hall–Kier alpha value is -1.62. The second-order valence-corrected chi connectivity index (χ2v) is 6.54. The third kappa shape index (κ3) is 1.27. The van der Waals surface area contributed by atoms with Crippen molar-refractivity contribution in [2.24, 2.45) is 17.3 Å². The van der Waals surface area contributed by atoms with E-state index in [0.717, 1.165) is 6.42 Å². The fourth-order valence-electron chi connectivity index (χ4n) is 4.69. The summed E-state index contributed by atoms with van der Waals surface area (Å²) in [7, 11) is 1.39. The number of hydrogen-bond acceptors (Lipinski definition) is 5. The molecule has 0 radical (unpaired) electrons. The third-order valence-corrected chi connectivity index (χ3v) is 5.91. The quantitative estimate of drug-likeness (QED) is 0.415. The van der Waals surface area contributed by atoms with Crippen molar-refractivity contribution in [2.45, 2.75) is 25.9 Å². The van der Waals surface area contributed by atoms with E-state index in [9.17, 15) is 9.59 Å². The zero-order valence-corrected chi connectivity index (χ0v) is 12.4. The molecule has 0 unspecified atom stereocenters. The van der Waals surface area contributed by atoms with Crippen LogP contribution >= 0.6 is 0 Å². The Kier molecular flexibility index (Phi) is 2.35. The number of methoxy groups -OCH3 is 1. The Labute approximate surface area is 122 Å². The van der Waals surface area contributed by atoms with Gasteiger partial charge >= 0.3 is 11.9 Å². The maximum absolute atomic E-state index is 12.3. The molecule has 2 aliphatic carbocycles. The molecule has 21 heavy (non-hydrogen) atoms. The molecule has 112 valence electrons. The first kappa shape index (κ1) is 13.1. The van der Waals surface area contributed by atoms with Crippen LogP contribution in [-0.4, -0.2) is 37.9 Å². The Bertz CT molecular complexity index is 625. The average molecular weight is 290 g/mol. The first-order valence-corrected chi connectivity index (χ1v) is 7.25. The molecular weight excluding hydrogens is 272 g/mol. The Balaban J connectivity index is 1.88. The first-order chi connectivity index (χ1) is 9.98. The fraction of sp³-hybridized carbons (Fsp3) is 0.625. The topological polar surface area (TPSA) is 65.1 Å². The van der Waals surface area contributed by atoms with E-state index in [2.05, 4.69) is 13.8 Å². The molecule has 0 saturated carbocycles. The van der Waals surface area contributed by atoms with Crippen LogP contribution < -0.4 is 0 Å². The summed E-state index contributed by atoms with van der Waals surface area (Å²) >= 11 is 0. The summed E-state index contributed by atoms with van der Waals surface area (Å²) in [6, 6.07) is 0. The SMILES string of the molecule is COC(=O)C1=C[C@@H]2C(C)=C(C)C[C@]23[C@H]1COC(=O)[C@]31CO1. The number of carbonyl (C=O) groups is 2. The van der Waals surface area contributed by atoms with Gasteiger partial charge in [-0.2, -0.15) is 0 Å². The van der Waals surface area contributed by atoms with Gasteiger partial charge in [-0.25, -0.2) is 9.59 Å². The third-order valence-electron chi connectivity index (χ3n) is 5.91. The van der Waals surface area contributed by atoms with Gasteiger partial charge in [0.05, 0.1) is 20.3 Å². The highest BCUT2D eigenvalue weighted by atomic mass is 16.6. The van der Waals surface area contributed by atoms with E-state index in [1.54, 1.807) is 0 Å². The molecule has 4 rings (SSSR count). The molecule has 0 amide bonds. The molecule has 2 fully saturated rings. The minimum absolute atomic E-state index is 0.0620. The van der Waals surface area contributed by atoms with Crippen LogP contribution in [0.5, 0.6) is 0 Å². The van der Waals surface area contributed by atoms with Crippen LogP contribution in [0.2, 0.25) is 0 Å². The van der Waals surface area contributed by atoms with Crippen LogP contribution in [-0.2, 0) is 23.8 Å². The molecule has 0 aromatic carbocycles. The van der Waals surface area contributed by atoms with Gasteiger partial charge in [-0.05, 0) is 20.3 Å². The monoisotopic (exact) mass is 290 g/mol. The van der Waals surface area contributed by atoms with Crippen LogP contribution in [0.15, 0.2) is 22.8 Å². The summed E-state index contributed by atoms with van der Waals surface area (Å²) in [4.78, 5) is 24.4. The summed E-state index contributed by atoms with van der Waals surface area (Å²) in [5.41, 5.74) is 1.90. The van der Waals surface area contributed by atoms with Crippen LogP contribution in [0.1, 0.15) is 20.3 Å². The molecule has 2 aliphatic heterocycles. The van der Waals surface area contributed by atoms with Crippen LogP contribution in [0.25, 0.3) is 0 Å². The van der Waals surface area contributed by atoms with Crippen molar-refractivity contribution in [3.63, 3.8) is 0 Å². The highest BCUT2D eigenvalue weighted by Crippen LogP contribution is 2.69. The zero-order chi connectivity index (χ0) is 15.0. The zero-order valence-electron chi connectivity index (χ0n) is 12.4. The Morgan fingerprint density at radius 2 is 2.14 bits per heavy atom. The summed E-state index contributed by atoms with van der Waals surface area (Å²) < 4.78 is 15.9. The number of epoxide rings is 1. The molecule has 5 nitrogen and oxygen atoms in total. The second kappa shape index (κ2) is 3.77. The number of allylic oxidation sites excluding steroid dienone is 3. The minimum atomic E-state index is -0.869. The van der Waals surface area contributed by atoms with Gasteiger partial charge in [0.2, 0.25) is 0 Å². The van der Waals surface area contributed by atoms with Gasteiger partial charge in [-0.1, -0.05) is 17.2 Å². The molecule has 0 aromatic rings. The Morgan fingerprint density at radius 3 is 2.76 bits per heavy atom. The van der Waals surface area contributed by atoms with Gasteiger partial charge in [0.15, 0.2) is 5.60 Å². The number of rotatable bonds is 1. The lowest BCUT2D eigenvalue weighted by Gasteiger charge is -2.44. The molecular formula is C16H18O5. The van der Waals surface area contributed by atoms with Gasteiger partial charge in [0.25, 0.3) is 0 Å². The summed E-state index contributed by atoms with van der Waals surface area (Å²) in [5.74, 6) is -0.673. The van der Waals surface area contributed by atoms with Crippen molar-refractivity contribution in [2.75, 3.05) is 20.3 Å². The predicted molar refractivity (Wildman–Crippen MR) is 72.1 cm³/mol. The molecule has 2 heterocycles. The van der Waals surface area contributed by atoms with E-state index in [0.29, 0.717) is 12.2 Å². The van der Waals surface area contributed by atoms with E-state index in [1.165, 1.54) is 18.3 Å². The fourth-order valence-corrected chi connectivity index (χ4v) is 4.69. The summed E-state index contributed by atoms with van der Waals surface area (Å²) in [5, 5.41) is 0. The lowest BCUT2D eigenvalue weighted by atomic mass is 9.60. The normalized spacial score (nSPS) is 43.4. The van der Waals surface area contributed by atoms with Crippen molar-refractivity contribution in [1.82, 2.24) is 0 Å². The number of cyclic esters (lactones) is 1. The number of esters is 2. The van der Waals surface area contributed by atoms with Crippen molar-refractivity contribution in [3.05, 3.63) is 22.8 Å². The number of carbonyl (C=O) groups excluding carboxylic acids is 2. The van der Waals surface area contributed by atoms with Crippen LogP contribution in [0, 0.1) is 17.3 Å². The molecule has 2 spiro atoms. The van der Waals surface area contributed by atoms with E-state index >= 15 is 0 Å². The summed E-state index contributed by atoms with van der Waals surface area (Å²) in [6.45, 7) is 4.81. The van der Waals surface area contributed by atoms with Crippen molar-refractivity contribution < 1.29 is 23.8 Å². The van der Waals surface area contributed by atoms with Gasteiger partial charge in [-0.15, -0.1) is 0 Å². The summed E-state index contributed by atoms with van der Waals surface area (Å²) in [6.07, 6.45) is 2.76. The molecule has 0 N–H and O–H groups in total. The van der Waals surface area contributed by atoms with Crippen LogP contribution in [0.4, 0.5) is 0 Å². The molecule has 0 aromatic heterocycles. The highest BCUT2D eigenvalue weighted by molar-refractivity contribution is 5.93. The maximum Gasteiger partial charge on any atom is 0.341 e. The lowest BCUT2D eigenvalue weighted by molar-refractivity contribution is -0.173. The largest absolute Gasteiger partial charge is 0.466 e. The van der Waals surface area contributed by atoms with Gasteiger partial charge in [0.1, 0.15) is 0 Å². The van der Waals surface area contributed by atoms with Crippen molar-refractivity contribution >= 4 is 11.9 Å². The minimum Gasteiger partial charge on any atom is -0.466 e. The highest BCUT2D eigenvalue weighted by Gasteiger charge is 2.78. The maximum atomic E-state index is 12.3. The number of ether oxygens (including phenoxy) is 3. The Morgan fingerprint density at radius 1 is 1.43 bits per heavy atom. The number of hydrogen-bond donors (Lipinski definition) is 0. The van der Waals surface area contributed by atoms with E-state index in [-0.39, 0.29) is 35.8 Å². The lowest BCUT2D eigenvalue weighted by Crippen LogP contribution is -2.56. The molecule has 4 atom stereocenters. The van der Waals surface area contributed by atoms with Gasteiger partial charge < -0.3 is 14.2 Å². The molecule has 4 aliphatic rings. The average Bonchev–Trinajstić information content (AvgIpc) is 3.15. The second-order valence-electron chi connectivity index (χ2n) is 6.54.